The van der Waals surface area contributed by atoms with Gasteiger partial charge in [0, 0.05) is 87.7 Å². The minimum Gasteiger partial charge on any atom is -0.490 e. The van der Waals surface area contributed by atoms with E-state index in [0.717, 1.165) is 11.3 Å². The third-order valence-electron chi connectivity index (χ3n) is 9.83. The Hall–Kier alpha value is -4.77. The van der Waals surface area contributed by atoms with Crippen molar-refractivity contribution in [2.45, 2.75) is 74.3 Å². The number of carbonyl (C=O) groups is 3. The van der Waals surface area contributed by atoms with Gasteiger partial charge in [-0.25, -0.2) is 18.4 Å². The smallest absolute Gasteiger partial charge is 0.419 e. The predicted molar refractivity (Wildman–Crippen MR) is 177 cm³/mol. The summed E-state index contributed by atoms with van der Waals surface area (Å²) in [5, 5.41) is 5.32. The van der Waals surface area contributed by atoms with Gasteiger partial charge < -0.3 is 19.9 Å². The molecule has 4 aliphatic rings. The molecule has 1 aromatic heterocycles. The average molecular weight is 728 g/mol. The summed E-state index contributed by atoms with van der Waals surface area (Å²) in [6.07, 6.45) is -0.480. The lowest BCUT2D eigenvalue weighted by molar-refractivity contribution is -0.138. The number of sulfonamides is 1. The minimum atomic E-state index is -4.53. The predicted octanol–water partition coefficient (Wildman–Crippen LogP) is 3.57. The van der Waals surface area contributed by atoms with Crippen molar-refractivity contribution in [3.8, 4) is 5.75 Å². The summed E-state index contributed by atoms with van der Waals surface area (Å²) < 4.78 is 73.1. The maximum absolute atomic E-state index is 13.5. The van der Waals surface area contributed by atoms with E-state index in [1.807, 2.05) is 12.1 Å². The number of alkyl halides is 3. The zero-order chi connectivity index (χ0) is 35.9. The van der Waals surface area contributed by atoms with Gasteiger partial charge in [0.2, 0.25) is 27.8 Å². The fraction of sp³-hybridized carbons (Fsp3) is 0.441. The van der Waals surface area contributed by atoms with Gasteiger partial charge in [-0.1, -0.05) is 6.07 Å². The number of carbonyl (C=O) groups excluding carboxylic acids is 3. The highest BCUT2D eigenvalue weighted by molar-refractivity contribution is 7.89. The van der Waals surface area contributed by atoms with Gasteiger partial charge in [-0.15, -0.1) is 0 Å². The van der Waals surface area contributed by atoms with E-state index in [1.54, 1.807) is 18.2 Å². The molecule has 3 aromatic rings. The molecule has 3 fully saturated rings. The number of hydrogen-bond donors (Lipinski definition) is 2. The molecule has 1 unspecified atom stereocenters. The van der Waals surface area contributed by atoms with Crippen molar-refractivity contribution < 1.29 is 40.7 Å². The Morgan fingerprint density at radius 2 is 1.63 bits per heavy atom. The average Bonchev–Trinajstić information content (AvgIpc) is 3.43. The second kappa shape index (κ2) is 13.7. The molecular weight excluding hydrogens is 691 g/mol. The molecule has 0 radical (unpaired) electrons. The van der Waals surface area contributed by atoms with Gasteiger partial charge >= 0.3 is 6.18 Å². The molecule has 0 bridgehead atoms. The summed E-state index contributed by atoms with van der Waals surface area (Å²) in [4.78, 5) is 48.4. The van der Waals surface area contributed by atoms with Gasteiger partial charge in [0.1, 0.15) is 17.9 Å². The molecule has 17 heteroatoms. The molecule has 51 heavy (non-hydrogen) atoms. The summed E-state index contributed by atoms with van der Waals surface area (Å²) >= 11 is 0. The van der Waals surface area contributed by atoms with Crippen molar-refractivity contribution in [2.24, 2.45) is 0 Å². The molecule has 0 aliphatic carbocycles. The van der Waals surface area contributed by atoms with Gasteiger partial charge in [-0.05, 0) is 55.2 Å². The van der Waals surface area contributed by atoms with Crippen LogP contribution in [0.1, 0.15) is 60.0 Å². The van der Waals surface area contributed by atoms with Gasteiger partial charge in [-0.3, -0.25) is 19.7 Å². The summed E-state index contributed by atoms with van der Waals surface area (Å²) in [5.74, 6) is -0.467. The molecular formula is C34H36F3N7O6S. The number of benzene rings is 2. The van der Waals surface area contributed by atoms with Crippen LogP contribution in [0, 0.1) is 0 Å². The van der Waals surface area contributed by atoms with E-state index < -0.39 is 33.7 Å². The summed E-state index contributed by atoms with van der Waals surface area (Å²) in [6.45, 7) is 2.12. The molecule has 7 rings (SSSR count). The summed E-state index contributed by atoms with van der Waals surface area (Å²) in [5.41, 5.74) is 1.42. The van der Waals surface area contributed by atoms with Crippen LogP contribution in [0.5, 0.6) is 5.75 Å². The van der Waals surface area contributed by atoms with Crippen LogP contribution in [0.3, 0.4) is 0 Å². The van der Waals surface area contributed by atoms with Crippen LogP contribution in [0.25, 0.3) is 0 Å². The number of piperidine rings is 3. The van der Waals surface area contributed by atoms with Crippen molar-refractivity contribution in [3.63, 3.8) is 0 Å². The van der Waals surface area contributed by atoms with E-state index in [4.69, 9.17) is 4.74 Å². The van der Waals surface area contributed by atoms with Crippen LogP contribution >= 0.6 is 0 Å². The van der Waals surface area contributed by atoms with Crippen molar-refractivity contribution in [3.05, 3.63) is 71.5 Å². The third-order valence-corrected chi connectivity index (χ3v) is 11.7. The maximum atomic E-state index is 13.5. The van der Waals surface area contributed by atoms with Gasteiger partial charge in [-0.2, -0.15) is 17.5 Å². The first-order chi connectivity index (χ1) is 24.3. The minimum absolute atomic E-state index is 0.0575. The molecule has 270 valence electrons. The number of fused-ring (bicyclic) bond motifs is 1. The van der Waals surface area contributed by atoms with Gasteiger partial charge in [0.15, 0.2) is 0 Å². The number of anilines is 2. The maximum Gasteiger partial charge on any atom is 0.419 e. The number of ether oxygens (including phenoxy) is 1. The van der Waals surface area contributed by atoms with E-state index in [2.05, 4.69) is 25.5 Å². The van der Waals surface area contributed by atoms with Crippen molar-refractivity contribution in [1.29, 1.82) is 0 Å². The van der Waals surface area contributed by atoms with Crippen LogP contribution in [0.2, 0.25) is 0 Å². The second-order valence-corrected chi connectivity index (χ2v) is 15.1. The summed E-state index contributed by atoms with van der Waals surface area (Å²) in [7, 11) is -3.82. The number of hydrogen-bond acceptors (Lipinski definition) is 10. The Kier molecular flexibility index (Phi) is 9.34. The lowest BCUT2D eigenvalue weighted by atomic mass is 10.0. The normalized spacial score (nSPS) is 21.1. The number of rotatable bonds is 8. The lowest BCUT2D eigenvalue weighted by Gasteiger charge is -2.34. The van der Waals surface area contributed by atoms with Crippen LogP contribution in [0.15, 0.2) is 59.8 Å². The highest BCUT2D eigenvalue weighted by Crippen LogP contribution is 2.33. The fourth-order valence-corrected chi connectivity index (χ4v) is 8.52. The molecule has 4 aliphatic heterocycles. The highest BCUT2D eigenvalue weighted by atomic mass is 32.2. The molecule has 1 atom stereocenters. The number of nitrogens with one attached hydrogen (secondary N) is 2. The molecule has 3 amide bonds. The Morgan fingerprint density at radius 3 is 2.31 bits per heavy atom. The zero-order valence-electron chi connectivity index (χ0n) is 27.4. The van der Waals surface area contributed by atoms with E-state index in [-0.39, 0.29) is 54.3 Å². The fourth-order valence-electron chi connectivity index (χ4n) is 7.01. The lowest BCUT2D eigenvalue weighted by Crippen LogP contribution is -2.52. The quantitative estimate of drug-likeness (QED) is 0.330. The molecule has 0 saturated carbocycles. The SMILES string of the molecule is O=C1CCC(N2Cc3cc(N4CCC(Oc5cccc(S(=O)(=O)N6CCC(Nc7ncc(C(F)(F)F)cn7)CC6)c5)CC4)ccc3C2=O)C(=O)N1. The Balaban J connectivity index is 0.909. The highest BCUT2D eigenvalue weighted by Gasteiger charge is 2.39. The van der Waals surface area contributed by atoms with Gasteiger partial charge in [0.05, 0.1) is 10.5 Å². The Labute approximate surface area is 292 Å². The van der Waals surface area contributed by atoms with Crippen molar-refractivity contribution >= 4 is 39.4 Å². The van der Waals surface area contributed by atoms with E-state index in [1.165, 1.54) is 21.3 Å². The topological polar surface area (TPSA) is 154 Å². The van der Waals surface area contributed by atoms with Crippen LogP contribution in [-0.2, 0) is 32.3 Å². The van der Waals surface area contributed by atoms with Crippen LogP contribution < -0.4 is 20.3 Å². The third kappa shape index (κ3) is 7.35. The number of aromatic nitrogens is 2. The second-order valence-electron chi connectivity index (χ2n) is 13.1. The van der Waals surface area contributed by atoms with Crippen molar-refractivity contribution in [2.75, 3.05) is 36.4 Å². The number of halogens is 3. The Morgan fingerprint density at radius 1 is 0.902 bits per heavy atom. The monoisotopic (exact) mass is 727 g/mol. The number of amides is 3. The molecule has 0 spiro atoms. The number of imide groups is 1. The Bertz CT molecular complexity index is 1930. The van der Waals surface area contributed by atoms with Crippen molar-refractivity contribution in [1.82, 2.24) is 24.5 Å². The largest absolute Gasteiger partial charge is 0.490 e. The van der Waals surface area contributed by atoms with Crippen LogP contribution in [-0.4, -0.2) is 89.7 Å². The van der Waals surface area contributed by atoms with E-state index >= 15 is 0 Å². The first-order valence-corrected chi connectivity index (χ1v) is 18.2. The van der Waals surface area contributed by atoms with E-state index in [0.29, 0.717) is 75.4 Å². The number of nitrogens with zero attached hydrogens (tertiary/aromatic N) is 5. The van der Waals surface area contributed by atoms with Gasteiger partial charge in [0.25, 0.3) is 5.91 Å². The standard InChI is InChI=1S/C34H36F3N7O6S/c35-34(36,37)22-18-38-33(39-19-22)40-23-8-14-43(15-9-23)51(48,49)27-3-1-2-26(17-27)50-25-10-12-42(13-11-25)24-4-5-28-21(16-24)20-44(32(28)47)29-6-7-30(45)41-31(29)46/h1-5,16-19,23,25,29H,6-15,20H2,(H,38,39,40)(H,41,45,46). The zero-order valence-corrected chi connectivity index (χ0v) is 28.3. The first-order valence-electron chi connectivity index (χ1n) is 16.8. The molecule has 2 N–H and O–H groups in total. The molecule has 3 saturated heterocycles. The first kappa shape index (κ1) is 34.7. The van der Waals surface area contributed by atoms with Crippen LogP contribution in [0.4, 0.5) is 24.8 Å². The summed E-state index contributed by atoms with van der Waals surface area (Å²) in [6, 6.07) is 11.3. The molecule has 2 aromatic carbocycles. The molecule has 5 heterocycles. The van der Waals surface area contributed by atoms with E-state index in [9.17, 15) is 36.0 Å². The molecule has 13 nitrogen and oxygen atoms in total.